The SMILES string of the molecule is C=CC(C=C1OCCN1C)=C(C#N)C(=O)O. The van der Waals surface area contributed by atoms with Crippen molar-refractivity contribution < 1.29 is 14.6 Å². The number of nitrogens with zero attached hydrogens (tertiary/aromatic N) is 2. The van der Waals surface area contributed by atoms with Gasteiger partial charge < -0.3 is 14.7 Å². The molecule has 0 radical (unpaired) electrons. The first-order valence-corrected chi connectivity index (χ1v) is 4.66. The lowest BCUT2D eigenvalue weighted by Crippen LogP contribution is -2.11. The predicted molar refractivity (Wildman–Crippen MR) is 57.1 cm³/mol. The maximum Gasteiger partial charge on any atom is 0.347 e. The van der Waals surface area contributed by atoms with Gasteiger partial charge in [0.05, 0.1) is 6.54 Å². The van der Waals surface area contributed by atoms with E-state index in [1.807, 2.05) is 11.9 Å². The van der Waals surface area contributed by atoms with Gasteiger partial charge in [-0.05, 0) is 0 Å². The highest BCUT2D eigenvalue weighted by Gasteiger charge is 2.16. The van der Waals surface area contributed by atoms with Gasteiger partial charge in [-0.1, -0.05) is 12.7 Å². The molecule has 0 amide bonds. The summed E-state index contributed by atoms with van der Waals surface area (Å²) in [6.07, 6.45) is 2.84. The summed E-state index contributed by atoms with van der Waals surface area (Å²) in [6, 6.07) is 1.63. The van der Waals surface area contributed by atoms with Crippen LogP contribution in [0.4, 0.5) is 0 Å². The van der Waals surface area contributed by atoms with Crippen LogP contribution >= 0.6 is 0 Å². The number of carbonyl (C=O) groups is 1. The second kappa shape index (κ2) is 5.03. The topological polar surface area (TPSA) is 73.6 Å². The molecule has 1 aliphatic rings. The number of carboxylic acid groups (broad SMARTS) is 1. The molecule has 1 fully saturated rings. The Morgan fingerprint density at radius 1 is 1.75 bits per heavy atom. The van der Waals surface area contributed by atoms with Crippen LogP contribution in [0.15, 0.2) is 35.8 Å². The molecule has 0 bridgehead atoms. The summed E-state index contributed by atoms with van der Waals surface area (Å²) < 4.78 is 5.27. The van der Waals surface area contributed by atoms with Crippen molar-refractivity contribution in [2.75, 3.05) is 20.2 Å². The van der Waals surface area contributed by atoms with Crippen LogP contribution in [0.2, 0.25) is 0 Å². The fraction of sp³-hybridized carbons (Fsp3) is 0.273. The Labute approximate surface area is 93.5 Å². The van der Waals surface area contributed by atoms with Crippen molar-refractivity contribution in [1.29, 1.82) is 5.26 Å². The van der Waals surface area contributed by atoms with Gasteiger partial charge >= 0.3 is 5.97 Å². The summed E-state index contributed by atoms with van der Waals surface area (Å²) in [7, 11) is 1.83. The lowest BCUT2D eigenvalue weighted by Gasteiger charge is -2.09. The molecule has 1 heterocycles. The first-order chi connectivity index (χ1) is 7.60. The van der Waals surface area contributed by atoms with Crippen LogP contribution in [0, 0.1) is 11.3 Å². The summed E-state index contributed by atoms with van der Waals surface area (Å²) in [5.41, 5.74) is -0.0925. The molecule has 1 saturated heterocycles. The quantitative estimate of drug-likeness (QED) is 0.434. The monoisotopic (exact) mass is 220 g/mol. The van der Waals surface area contributed by atoms with E-state index in [0.29, 0.717) is 12.5 Å². The number of rotatable bonds is 3. The van der Waals surface area contributed by atoms with E-state index in [9.17, 15) is 4.79 Å². The van der Waals surface area contributed by atoms with Crippen LogP contribution in [-0.2, 0) is 9.53 Å². The van der Waals surface area contributed by atoms with E-state index >= 15 is 0 Å². The van der Waals surface area contributed by atoms with Crippen LogP contribution in [0.1, 0.15) is 0 Å². The van der Waals surface area contributed by atoms with E-state index in [0.717, 1.165) is 6.54 Å². The molecular formula is C11H12N2O3. The fourth-order valence-corrected chi connectivity index (χ4v) is 1.26. The Hall–Kier alpha value is -2.22. The smallest absolute Gasteiger partial charge is 0.347 e. The van der Waals surface area contributed by atoms with Crippen LogP contribution in [0.3, 0.4) is 0 Å². The number of nitriles is 1. The molecule has 1 rings (SSSR count). The van der Waals surface area contributed by atoms with Gasteiger partial charge in [0.15, 0.2) is 5.88 Å². The molecule has 0 aromatic heterocycles. The summed E-state index contributed by atoms with van der Waals surface area (Å²) in [5.74, 6) is -0.723. The Morgan fingerprint density at radius 2 is 2.44 bits per heavy atom. The minimum Gasteiger partial charge on any atom is -0.477 e. The van der Waals surface area contributed by atoms with Crippen LogP contribution in [-0.4, -0.2) is 36.2 Å². The minimum atomic E-state index is -1.27. The van der Waals surface area contributed by atoms with Gasteiger partial charge in [0.2, 0.25) is 0 Å². The zero-order chi connectivity index (χ0) is 12.1. The van der Waals surface area contributed by atoms with E-state index in [2.05, 4.69) is 6.58 Å². The van der Waals surface area contributed by atoms with Gasteiger partial charge in [-0.15, -0.1) is 0 Å². The zero-order valence-corrected chi connectivity index (χ0v) is 8.93. The van der Waals surface area contributed by atoms with Gasteiger partial charge in [-0.3, -0.25) is 0 Å². The van der Waals surface area contributed by atoms with Crippen molar-refractivity contribution >= 4 is 5.97 Å². The average molecular weight is 220 g/mol. The lowest BCUT2D eigenvalue weighted by molar-refractivity contribution is -0.132. The molecule has 0 unspecified atom stereocenters. The van der Waals surface area contributed by atoms with E-state index in [4.69, 9.17) is 15.1 Å². The molecule has 0 atom stereocenters. The normalized spacial score (nSPS) is 18.8. The molecule has 0 aromatic rings. The molecule has 0 saturated carbocycles. The molecular weight excluding hydrogens is 208 g/mol. The second-order valence-electron chi connectivity index (χ2n) is 3.20. The van der Waals surface area contributed by atoms with E-state index < -0.39 is 5.97 Å². The van der Waals surface area contributed by atoms with Gasteiger partial charge in [-0.25, -0.2) is 4.79 Å². The average Bonchev–Trinajstić information content (AvgIpc) is 2.63. The van der Waals surface area contributed by atoms with Gasteiger partial charge in [0.1, 0.15) is 18.2 Å². The summed E-state index contributed by atoms with van der Waals surface area (Å²) >= 11 is 0. The highest BCUT2D eigenvalue weighted by Crippen LogP contribution is 2.16. The first-order valence-electron chi connectivity index (χ1n) is 4.66. The van der Waals surface area contributed by atoms with Gasteiger partial charge in [0.25, 0.3) is 0 Å². The zero-order valence-electron chi connectivity index (χ0n) is 8.93. The lowest BCUT2D eigenvalue weighted by atomic mass is 10.1. The first kappa shape index (κ1) is 11.9. The number of ether oxygens (including phenoxy) is 1. The molecule has 1 N–H and O–H groups in total. The second-order valence-corrected chi connectivity index (χ2v) is 3.20. The van der Waals surface area contributed by atoms with E-state index in [1.165, 1.54) is 12.2 Å². The highest BCUT2D eigenvalue weighted by molar-refractivity contribution is 5.93. The fourth-order valence-electron chi connectivity index (χ4n) is 1.26. The third kappa shape index (κ3) is 2.42. The van der Waals surface area contributed by atoms with Crippen molar-refractivity contribution in [3.8, 4) is 6.07 Å². The largest absolute Gasteiger partial charge is 0.477 e. The maximum absolute atomic E-state index is 10.8. The van der Waals surface area contributed by atoms with Gasteiger partial charge in [0, 0.05) is 18.7 Å². The number of hydrogen-bond donors (Lipinski definition) is 1. The Bertz CT molecular complexity index is 415. The molecule has 16 heavy (non-hydrogen) atoms. The van der Waals surface area contributed by atoms with Crippen molar-refractivity contribution in [3.63, 3.8) is 0 Å². The van der Waals surface area contributed by atoms with Crippen molar-refractivity contribution in [2.45, 2.75) is 0 Å². The minimum absolute atomic E-state index is 0.249. The number of carboxylic acids is 1. The summed E-state index contributed by atoms with van der Waals surface area (Å²) in [6.45, 7) is 4.79. The Balaban J connectivity index is 3.13. The number of aliphatic carboxylic acids is 1. The van der Waals surface area contributed by atoms with Crippen LogP contribution < -0.4 is 0 Å². The van der Waals surface area contributed by atoms with E-state index in [1.54, 1.807) is 6.07 Å². The third-order valence-electron chi connectivity index (χ3n) is 2.17. The van der Waals surface area contributed by atoms with Gasteiger partial charge in [-0.2, -0.15) is 5.26 Å². The van der Waals surface area contributed by atoms with E-state index in [-0.39, 0.29) is 11.1 Å². The summed E-state index contributed by atoms with van der Waals surface area (Å²) in [5, 5.41) is 17.5. The van der Waals surface area contributed by atoms with Crippen LogP contribution in [0.25, 0.3) is 0 Å². The molecule has 5 nitrogen and oxygen atoms in total. The van der Waals surface area contributed by atoms with Crippen molar-refractivity contribution in [1.82, 2.24) is 4.90 Å². The van der Waals surface area contributed by atoms with Crippen molar-refractivity contribution in [3.05, 3.63) is 35.8 Å². The standard InChI is InChI=1S/C11H12N2O3/c1-3-8(9(7-12)11(14)15)6-10-13(2)4-5-16-10/h3,6H,1,4-5H2,2H3,(H,14,15). The highest BCUT2D eigenvalue weighted by atomic mass is 16.5. The van der Waals surface area contributed by atoms with Crippen LogP contribution in [0.5, 0.6) is 0 Å². The molecule has 84 valence electrons. The predicted octanol–water partition coefficient (Wildman–Crippen LogP) is 0.881. The number of allylic oxidation sites excluding steroid dienone is 3. The summed E-state index contributed by atoms with van der Waals surface area (Å²) in [4.78, 5) is 12.6. The Morgan fingerprint density at radius 3 is 2.81 bits per heavy atom. The molecule has 0 spiro atoms. The molecule has 0 aliphatic carbocycles. The molecule has 5 heteroatoms. The third-order valence-corrected chi connectivity index (χ3v) is 2.17. The molecule has 0 aromatic carbocycles. The maximum atomic E-state index is 10.8. The van der Waals surface area contributed by atoms with Crippen molar-refractivity contribution in [2.24, 2.45) is 0 Å². The molecule has 1 aliphatic heterocycles. The number of likely N-dealkylation sites (N-methyl/N-ethyl adjacent to an activating group) is 1. The number of hydrogen-bond acceptors (Lipinski definition) is 4. The Kier molecular flexibility index (Phi) is 3.72.